The number of nitrogens with one attached hydrogen (secondary N) is 1. The molecule has 0 radical (unpaired) electrons. The Morgan fingerprint density at radius 2 is 2.00 bits per heavy atom. The second kappa shape index (κ2) is 9.01. The van der Waals surface area contributed by atoms with E-state index in [-0.39, 0.29) is 5.41 Å². The van der Waals surface area contributed by atoms with E-state index in [0.717, 1.165) is 25.3 Å². The van der Waals surface area contributed by atoms with Crippen LogP contribution in [-0.4, -0.2) is 48.8 Å². The standard InChI is InChI=1S/C17H36N2O/c1-5-10-19-11-8-9-16(12-19)15(4)18-13-17(6-2,7-3)14-20/h15-16,18,20H,5-14H2,1-4H3. The van der Waals surface area contributed by atoms with E-state index in [1.165, 1.54) is 38.9 Å². The third-order valence-electron chi connectivity index (χ3n) is 5.42. The zero-order chi connectivity index (χ0) is 15.0. The number of piperidine rings is 1. The minimum absolute atomic E-state index is 0.0754. The monoisotopic (exact) mass is 284 g/mol. The Labute approximate surface area is 126 Å². The Balaban J connectivity index is 2.43. The molecule has 1 rings (SSSR count). The minimum Gasteiger partial charge on any atom is -0.396 e. The van der Waals surface area contributed by atoms with Gasteiger partial charge in [-0.15, -0.1) is 0 Å². The molecule has 2 atom stereocenters. The van der Waals surface area contributed by atoms with Gasteiger partial charge < -0.3 is 15.3 Å². The fraction of sp³-hybridized carbons (Fsp3) is 1.00. The number of aliphatic hydroxyl groups is 1. The van der Waals surface area contributed by atoms with E-state index in [2.05, 4.69) is 37.9 Å². The van der Waals surface area contributed by atoms with Crippen molar-refractivity contribution in [1.82, 2.24) is 10.2 Å². The number of hydrogen-bond donors (Lipinski definition) is 2. The predicted molar refractivity (Wildman–Crippen MR) is 87.0 cm³/mol. The molecule has 1 saturated heterocycles. The Morgan fingerprint density at radius 3 is 2.55 bits per heavy atom. The van der Waals surface area contributed by atoms with Gasteiger partial charge in [-0.3, -0.25) is 0 Å². The first kappa shape index (κ1) is 17.9. The van der Waals surface area contributed by atoms with Crippen LogP contribution in [0.5, 0.6) is 0 Å². The van der Waals surface area contributed by atoms with Crippen LogP contribution in [0.2, 0.25) is 0 Å². The number of aliphatic hydroxyl groups excluding tert-OH is 1. The van der Waals surface area contributed by atoms with Gasteiger partial charge in [-0.25, -0.2) is 0 Å². The van der Waals surface area contributed by atoms with E-state index < -0.39 is 0 Å². The van der Waals surface area contributed by atoms with Crippen molar-refractivity contribution in [2.24, 2.45) is 11.3 Å². The van der Waals surface area contributed by atoms with Crippen LogP contribution >= 0.6 is 0 Å². The van der Waals surface area contributed by atoms with Crippen molar-refractivity contribution in [2.75, 3.05) is 32.8 Å². The van der Waals surface area contributed by atoms with Gasteiger partial charge in [-0.1, -0.05) is 20.8 Å². The first-order valence-electron chi connectivity index (χ1n) is 8.67. The summed E-state index contributed by atoms with van der Waals surface area (Å²) in [6.07, 6.45) is 6.04. The molecule has 0 aliphatic carbocycles. The summed E-state index contributed by atoms with van der Waals surface area (Å²) in [5.74, 6) is 0.764. The molecule has 1 fully saturated rings. The van der Waals surface area contributed by atoms with E-state index >= 15 is 0 Å². The first-order chi connectivity index (χ1) is 9.60. The van der Waals surface area contributed by atoms with Crippen LogP contribution in [0.1, 0.15) is 59.8 Å². The molecular formula is C17H36N2O. The van der Waals surface area contributed by atoms with Crippen LogP contribution in [0.3, 0.4) is 0 Å². The highest BCUT2D eigenvalue weighted by molar-refractivity contribution is 4.84. The zero-order valence-corrected chi connectivity index (χ0v) is 14.1. The smallest absolute Gasteiger partial charge is 0.0499 e. The van der Waals surface area contributed by atoms with Crippen LogP contribution in [0, 0.1) is 11.3 Å². The summed E-state index contributed by atoms with van der Waals surface area (Å²) < 4.78 is 0. The van der Waals surface area contributed by atoms with Crippen molar-refractivity contribution in [1.29, 1.82) is 0 Å². The highest BCUT2D eigenvalue weighted by Gasteiger charge is 2.28. The summed E-state index contributed by atoms with van der Waals surface area (Å²) in [6.45, 7) is 14.0. The third kappa shape index (κ3) is 5.01. The van der Waals surface area contributed by atoms with Gasteiger partial charge in [-0.05, 0) is 58.0 Å². The Kier molecular flexibility index (Phi) is 8.08. The molecule has 0 aromatic heterocycles. The van der Waals surface area contributed by atoms with E-state index in [4.69, 9.17) is 0 Å². The van der Waals surface area contributed by atoms with E-state index in [0.29, 0.717) is 12.6 Å². The first-order valence-corrected chi connectivity index (χ1v) is 8.67. The summed E-state index contributed by atoms with van der Waals surface area (Å²) >= 11 is 0. The topological polar surface area (TPSA) is 35.5 Å². The van der Waals surface area contributed by atoms with Gasteiger partial charge in [0.2, 0.25) is 0 Å². The van der Waals surface area contributed by atoms with Gasteiger partial charge in [0.15, 0.2) is 0 Å². The van der Waals surface area contributed by atoms with E-state index in [1.807, 2.05) is 0 Å². The molecule has 1 aliphatic rings. The van der Waals surface area contributed by atoms with Crippen LogP contribution in [0.4, 0.5) is 0 Å². The number of rotatable bonds is 9. The summed E-state index contributed by atoms with van der Waals surface area (Å²) in [4.78, 5) is 2.62. The van der Waals surface area contributed by atoms with Gasteiger partial charge in [-0.2, -0.15) is 0 Å². The molecule has 20 heavy (non-hydrogen) atoms. The molecule has 0 bridgehead atoms. The van der Waals surface area contributed by atoms with Crippen LogP contribution in [0.15, 0.2) is 0 Å². The maximum absolute atomic E-state index is 9.66. The van der Waals surface area contributed by atoms with Crippen LogP contribution in [0.25, 0.3) is 0 Å². The molecule has 0 saturated carbocycles. The second-order valence-corrected chi connectivity index (χ2v) is 6.74. The largest absolute Gasteiger partial charge is 0.396 e. The van der Waals surface area contributed by atoms with Crippen molar-refractivity contribution >= 4 is 0 Å². The number of likely N-dealkylation sites (tertiary alicyclic amines) is 1. The average molecular weight is 284 g/mol. The lowest BCUT2D eigenvalue weighted by Gasteiger charge is -2.38. The normalized spacial score (nSPS) is 22.9. The molecule has 2 N–H and O–H groups in total. The summed E-state index contributed by atoms with van der Waals surface area (Å²) in [5, 5.41) is 13.4. The molecule has 3 heteroatoms. The molecule has 0 aromatic carbocycles. The molecule has 0 spiro atoms. The van der Waals surface area contributed by atoms with Crippen LogP contribution in [-0.2, 0) is 0 Å². The van der Waals surface area contributed by atoms with Gasteiger partial charge in [0.1, 0.15) is 0 Å². The van der Waals surface area contributed by atoms with Crippen molar-refractivity contribution in [3.63, 3.8) is 0 Å². The lowest BCUT2D eigenvalue weighted by atomic mass is 9.82. The average Bonchev–Trinajstić information content (AvgIpc) is 2.49. The van der Waals surface area contributed by atoms with Crippen molar-refractivity contribution in [3.8, 4) is 0 Å². The quantitative estimate of drug-likeness (QED) is 0.683. The molecule has 1 heterocycles. The van der Waals surface area contributed by atoms with Crippen molar-refractivity contribution < 1.29 is 5.11 Å². The van der Waals surface area contributed by atoms with Crippen molar-refractivity contribution in [3.05, 3.63) is 0 Å². The Bertz CT molecular complexity index is 243. The van der Waals surface area contributed by atoms with E-state index in [1.54, 1.807) is 0 Å². The van der Waals surface area contributed by atoms with Crippen LogP contribution < -0.4 is 5.32 Å². The fourth-order valence-corrected chi connectivity index (χ4v) is 3.34. The van der Waals surface area contributed by atoms with E-state index in [9.17, 15) is 5.11 Å². The molecular weight excluding hydrogens is 248 g/mol. The second-order valence-electron chi connectivity index (χ2n) is 6.74. The Hall–Kier alpha value is -0.120. The maximum atomic E-state index is 9.66. The SMILES string of the molecule is CCCN1CCCC(C(C)NCC(CC)(CC)CO)C1. The summed E-state index contributed by atoms with van der Waals surface area (Å²) in [7, 11) is 0. The van der Waals surface area contributed by atoms with Gasteiger partial charge >= 0.3 is 0 Å². The Morgan fingerprint density at radius 1 is 1.30 bits per heavy atom. The minimum atomic E-state index is 0.0754. The molecule has 0 aromatic rings. The zero-order valence-electron chi connectivity index (χ0n) is 14.1. The molecule has 120 valence electrons. The third-order valence-corrected chi connectivity index (χ3v) is 5.42. The highest BCUT2D eigenvalue weighted by atomic mass is 16.3. The number of hydrogen-bond acceptors (Lipinski definition) is 3. The highest BCUT2D eigenvalue weighted by Crippen LogP contribution is 2.26. The van der Waals surface area contributed by atoms with Gasteiger partial charge in [0.05, 0.1) is 0 Å². The summed E-state index contributed by atoms with van der Waals surface area (Å²) in [5.41, 5.74) is 0.0754. The summed E-state index contributed by atoms with van der Waals surface area (Å²) in [6, 6.07) is 0.554. The van der Waals surface area contributed by atoms with Crippen molar-refractivity contribution in [2.45, 2.75) is 65.8 Å². The molecule has 3 nitrogen and oxygen atoms in total. The van der Waals surface area contributed by atoms with Gasteiger partial charge in [0.25, 0.3) is 0 Å². The lowest BCUT2D eigenvalue weighted by molar-refractivity contribution is 0.0981. The lowest BCUT2D eigenvalue weighted by Crippen LogP contribution is -2.48. The maximum Gasteiger partial charge on any atom is 0.0499 e. The molecule has 0 amide bonds. The molecule has 2 unspecified atom stereocenters. The fourth-order valence-electron chi connectivity index (χ4n) is 3.34. The number of nitrogens with zero attached hydrogens (tertiary/aromatic N) is 1. The predicted octanol–water partition coefficient (Wildman–Crippen LogP) is 2.89. The van der Waals surface area contributed by atoms with Gasteiger partial charge in [0, 0.05) is 31.2 Å². The molecule has 1 aliphatic heterocycles.